The summed E-state index contributed by atoms with van der Waals surface area (Å²) in [6.07, 6.45) is 0. The summed E-state index contributed by atoms with van der Waals surface area (Å²) in [6, 6.07) is 17.2. The summed E-state index contributed by atoms with van der Waals surface area (Å²) in [5.41, 5.74) is 6.01. The Kier molecular flexibility index (Phi) is 6.08. The van der Waals surface area contributed by atoms with E-state index in [4.69, 9.17) is 10.1 Å². The number of anilines is 2. The molecule has 0 radical (unpaired) electrons. The van der Waals surface area contributed by atoms with Gasteiger partial charge in [-0.2, -0.15) is 4.52 Å². The minimum Gasteiger partial charge on any atom is -0.364 e. The maximum Gasteiger partial charge on any atom is 0.216 e. The summed E-state index contributed by atoms with van der Waals surface area (Å²) in [5, 5.41) is 9.74. The molecule has 0 unspecified atom stereocenters. The van der Waals surface area contributed by atoms with Crippen LogP contribution in [0.3, 0.4) is 0 Å². The number of aryl methyl sites for hydroxylation is 2. The maximum atomic E-state index is 5.03. The summed E-state index contributed by atoms with van der Waals surface area (Å²) in [5.74, 6) is 0.966. The van der Waals surface area contributed by atoms with E-state index in [0.717, 1.165) is 59.9 Å². The topological polar surface area (TPSA) is 48.7 Å². The molecular weight excluding hydrogens is 440 g/mol. The molecule has 0 spiro atoms. The summed E-state index contributed by atoms with van der Waals surface area (Å²) in [7, 11) is 0. The van der Waals surface area contributed by atoms with Gasteiger partial charge in [0.1, 0.15) is 5.69 Å². The molecule has 1 aliphatic rings. The minimum absolute atomic E-state index is 0.0977. The Hall–Kier alpha value is -2.90. The van der Waals surface area contributed by atoms with Crippen molar-refractivity contribution in [1.29, 1.82) is 0 Å². The monoisotopic (exact) mass is 474 g/mol. The van der Waals surface area contributed by atoms with Crippen molar-refractivity contribution in [3.8, 4) is 11.3 Å². The van der Waals surface area contributed by atoms with E-state index >= 15 is 0 Å². The van der Waals surface area contributed by atoms with Crippen LogP contribution in [0.25, 0.3) is 16.2 Å². The highest BCUT2D eigenvalue weighted by Gasteiger charge is 2.25. The third-order valence-corrected chi connectivity index (χ3v) is 7.25. The van der Waals surface area contributed by atoms with E-state index in [0.29, 0.717) is 0 Å². The van der Waals surface area contributed by atoms with Gasteiger partial charge in [0.15, 0.2) is 5.82 Å². The molecule has 4 aromatic rings. The minimum atomic E-state index is -0.0977. The van der Waals surface area contributed by atoms with Crippen LogP contribution in [0.2, 0.25) is 0 Å². The lowest BCUT2D eigenvalue weighted by atomic mass is 10.1. The fourth-order valence-corrected chi connectivity index (χ4v) is 5.41. The number of hydrogen-bond donors (Lipinski definition) is 1. The van der Waals surface area contributed by atoms with Gasteiger partial charge >= 0.3 is 0 Å². The zero-order valence-electron chi connectivity index (χ0n) is 20.8. The van der Waals surface area contributed by atoms with Crippen molar-refractivity contribution in [2.45, 2.75) is 46.7 Å². The van der Waals surface area contributed by atoms with E-state index in [9.17, 15) is 0 Å². The van der Waals surface area contributed by atoms with Gasteiger partial charge in [-0.05, 0) is 51.8 Å². The van der Waals surface area contributed by atoms with Crippen LogP contribution in [0.15, 0.2) is 48.5 Å². The molecule has 0 amide bonds. The van der Waals surface area contributed by atoms with Crippen molar-refractivity contribution in [1.82, 2.24) is 19.5 Å². The van der Waals surface area contributed by atoms with Crippen LogP contribution in [0.1, 0.15) is 37.5 Å². The second-order valence-electron chi connectivity index (χ2n) is 10.3. The fourth-order valence-electron chi connectivity index (χ4n) is 4.45. The maximum absolute atomic E-state index is 5.03. The van der Waals surface area contributed by atoms with Gasteiger partial charge in [0.2, 0.25) is 10.1 Å². The first kappa shape index (κ1) is 22.9. The van der Waals surface area contributed by atoms with Gasteiger partial charge in [-0.1, -0.05) is 59.4 Å². The zero-order valence-corrected chi connectivity index (χ0v) is 21.6. The number of aromatic nitrogens is 3. The number of piperazine rings is 1. The van der Waals surface area contributed by atoms with Crippen LogP contribution in [0, 0.1) is 13.8 Å². The molecule has 3 heterocycles. The first-order valence-electron chi connectivity index (χ1n) is 12.0. The molecule has 34 heavy (non-hydrogen) atoms. The van der Waals surface area contributed by atoms with Crippen molar-refractivity contribution < 1.29 is 0 Å². The third-order valence-electron chi connectivity index (χ3n) is 6.28. The second kappa shape index (κ2) is 9.04. The third kappa shape index (κ3) is 4.81. The van der Waals surface area contributed by atoms with Crippen LogP contribution >= 0.6 is 11.3 Å². The normalized spacial score (nSPS) is 15.3. The van der Waals surface area contributed by atoms with Crippen molar-refractivity contribution in [3.05, 3.63) is 65.2 Å². The summed E-state index contributed by atoms with van der Waals surface area (Å²) >= 11 is 1.68. The van der Waals surface area contributed by atoms with Gasteiger partial charge in [-0.15, -0.1) is 5.10 Å². The van der Waals surface area contributed by atoms with E-state index in [1.165, 1.54) is 16.7 Å². The first-order chi connectivity index (χ1) is 16.3. The molecule has 0 aliphatic carbocycles. The highest BCUT2D eigenvalue weighted by molar-refractivity contribution is 7.20. The molecule has 0 atom stereocenters. The Morgan fingerprint density at radius 3 is 2.44 bits per heavy atom. The van der Waals surface area contributed by atoms with Crippen LogP contribution in [0.5, 0.6) is 0 Å². The van der Waals surface area contributed by atoms with Crippen LogP contribution < -0.4 is 10.2 Å². The smallest absolute Gasteiger partial charge is 0.216 e. The Morgan fingerprint density at radius 1 is 0.971 bits per heavy atom. The lowest BCUT2D eigenvalue weighted by molar-refractivity contribution is 0.249. The Balaban J connectivity index is 1.37. The van der Waals surface area contributed by atoms with Crippen molar-refractivity contribution in [2.24, 2.45) is 0 Å². The Morgan fingerprint density at radius 2 is 1.74 bits per heavy atom. The number of fused-ring (bicyclic) bond motifs is 1. The molecule has 178 valence electrons. The van der Waals surface area contributed by atoms with E-state index in [2.05, 4.69) is 98.3 Å². The highest BCUT2D eigenvalue weighted by Crippen LogP contribution is 2.35. The number of nitrogens with zero attached hydrogens (tertiary/aromatic N) is 5. The number of benzene rings is 2. The van der Waals surface area contributed by atoms with E-state index in [1.54, 1.807) is 11.3 Å². The lowest BCUT2D eigenvalue weighted by Gasteiger charge is -2.34. The average molecular weight is 475 g/mol. The van der Waals surface area contributed by atoms with Crippen molar-refractivity contribution in [3.63, 3.8) is 0 Å². The Labute approximate surface area is 206 Å². The summed E-state index contributed by atoms with van der Waals surface area (Å²) < 4.78 is 2.00. The number of hydrogen-bond acceptors (Lipinski definition) is 6. The molecule has 5 rings (SSSR count). The molecular formula is C27H34N6S. The van der Waals surface area contributed by atoms with Gasteiger partial charge < -0.3 is 10.2 Å². The summed E-state index contributed by atoms with van der Waals surface area (Å²) in [6.45, 7) is 15.9. The molecule has 0 saturated carbocycles. The van der Waals surface area contributed by atoms with Crippen molar-refractivity contribution >= 4 is 27.2 Å². The number of imidazole rings is 1. The van der Waals surface area contributed by atoms with Crippen LogP contribution in [0.4, 0.5) is 10.9 Å². The standard InChI is InChI=1S/C27H34N6S/c1-19-9-8-12-21(17-19)23-24(29-27(3,4)5)33-25(28-23)34-26(30-33)32-15-13-31(14-16-32)18-22-11-7-6-10-20(22)2/h6-12,17,29H,13-16,18H2,1-5H3. The lowest BCUT2D eigenvalue weighted by Crippen LogP contribution is -2.46. The SMILES string of the molecule is Cc1cccc(-c2nc3sc(N4CCN(Cc5ccccc5C)CC4)nn3c2NC(C)(C)C)c1. The van der Waals surface area contributed by atoms with Gasteiger partial charge in [-0.3, -0.25) is 4.90 Å². The van der Waals surface area contributed by atoms with Crippen LogP contribution in [-0.4, -0.2) is 51.2 Å². The van der Waals surface area contributed by atoms with E-state index in [1.807, 2.05) is 4.52 Å². The fraction of sp³-hybridized carbons (Fsp3) is 0.407. The van der Waals surface area contributed by atoms with E-state index < -0.39 is 0 Å². The molecule has 7 heteroatoms. The largest absolute Gasteiger partial charge is 0.364 e. The molecule has 2 aromatic carbocycles. The average Bonchev–Trinajstić information content (AvgIpc) is 3.34. The molecule has 1 aliphatic heterocycles. The zero-order chi connectivity index (χ0) is 23.9. The molecule has 6 nitrogen and oxygen atoms in total. The van der Waals surface area contributed by atoms with E-state index in [-0.39, 0.29) is 5.54 Å². The quantitative estimate of drug-likeness (QED) is 0.408. The number of rotatable bonds is 5. The number of nitrogens with one attached hydrogen (secondary N) is 1. The molecule has 1 N–H and O–H groups in total. The van der Waals surface area contributed by atoms with Gasteiger partial charge in [0, 0.05) is 43.8 Å². The molecule has 1 fully saturated rings. The predicted molar refractivity (Wildman–Crippen MR) is 143 cm³/mol. The van der Waals surface area contributed by atoms with Gasteiger partial charge in [0.05, 0.1) is 0 Å². The molecule has 1 saturated heterocycles. The molecule has 0 bridgehead atoms. The van der Waals surface area contributed by atoms with Crippen molar-refractivity contribution in [2.75, 3.05) is 36.4 Å². The second-order valence-corrected chi connectivity index (χ2v) is 11.3. The van der Waals surface area contributed by atoms with Gasteiger partial charge in [0.25, 0.3) is 0 Å². The highest BCUT2D eigenvalue weighted by atomic mass is 32.1. The van der Waals surface area contributed by atoms with Crippen LogP contribution in [-0.2, 0) is 6.54 Å². The Bertz CT molecular complexity index is 1290. The first-order valence-corrected chi connectivity index (χ1v) is 12.8. The molecule has 2 aromatic heterocycles. The predicted octanol–water partition coefficient (Wildman–Crippen LogP) is 5.61. The van der Waals surface area contributed by atoms with Gasteiger partial charge in [-0.25, -0.2) is 4.98 Å². The summed E-state index contributed by atoms with van der Waals surface area (Å²) in [4.78, 5) is 10.9.